The zero-order chi connectivity index (χ0) is 14.1. The van der Waals surface area contributed by atoms with Crippen molar-refractivity contribution in [3.05, 3.63) is 17.5 Å². The second-order valence-corrected chi connectivity index (χ2v) is 3.79. The van der Waals surface area contributed by atoms with Crippen molar-refractivity contribution in [3.8, 4) is 6.01 Å². The number of hydrogen-bond acceptors (Lipinski definition) is 6. The predicted octanol–water partition coefficient (Wildman–Crippen LogP) is 0.915. The largest absolute Gasteiger partial charge is 0.477 e. The lowest BCUT2D eigenvalue weighted by Crippen LogP contribution is -2.12. The quantitative estimate of drug-likeness (QED) is 0.667. The predicted molar refractivity (Wildman–Crippen MR) is 66.5 cm³/mol. The molecule has 0 aliphatic heterocycles. The molecule has 1 aromatic heterocycles. The van der Waals surface area contributed by atoms with Gasteiger partial charge in [-0.15, -0.1) is 0 Å². The summed E-state index contributed by atoms with van der Waals surface area (Å²) in [7, 11) is 1.64. The maximum atomic E-state index is 10.8. The fraction of sp³-hybridized carbons (Fsp3) is 0.583. The number of rotatable bonds is 9. The Hall–Kier alpha value is -1.73. The second kappa shape index (κ2) is 8.39. The standard InChI is InChI=1S/C12H18N2O5/c1-9-8-10(11(15)16)14-12(13-9)19-7-6-18-5-3-4-17-2/h8H,3-7H2,1-2H3,(H,15,16). The smallest absolute Gasteiger partial charge is 0.354 e. The summed E-state index contributed by atoms with van der Waals surface area (Å²) in [5.41, 5.74) is 0.465. The number of aromatic carboxylic acids is 1. The average Bonchev–Trinajstić information content (AvgIpc) is 2.37. The number of nitrogens with zero attached hydrogens (tertiary/aromatic N) is 2. The van der Waals surface area contributed by atoms with E-state index in [0.717, 1.165) is 6.42 Å². The van der Waals surface area contributed by atoms with Crippen LogP contribution in [0, 0.1) is 6.92 Å². The monoisotopic (exact) mass is 270 g/mol. The SMILES string of the molecule is COCCCOCCOc1nc(C)cc(C(=O)O)n1. The maximum Gasteiger partial charge on any atom is 0.354 e. The Morgan fingerprint density at radius 1 is 1.26 bits per heavy atom. The molecule has 0 fully saturated rings. The molecular formula is C12H18N2O5. The first kappa shape index (κ1) is 15.3. The van der Waals surface area contributed by atoms with E-state index >= 15 is 0 Å². The summed E-state index contributed by atoms with van der Waals surface area (Å²) in [5.74, 6) is -1.11. The summed E-state index contributed by atoms with van der Waals surface area (Å²) in [6.45, 7) is 3.59. The van der Waals surface area contributed by atoms with Gasteiger partial charge in [0, 0.05) is 26.0 Å². The first-order valence-electron chi connectivity index (χ1n) is 5.92. The number of carboxylic acids is 1. The Labute approximate surface area is 111 Å². The van der Waals surface area contributed by atoms with Gasteiger partial charge in [0.05, 0.1) is 6.61 Å². The van der Waals surface area contributed by atoms with Gasteiger partial charge in [-0.1, -0.05) is 0 Å². The minimum Gasteiger partial charge on any atom is -0.477 e. The summed E-state index contributed by atoms with van der Waals surface area (Å²) >= 11 is 0. The highest BCUT2D eigenvalue weighted by atomic mass is 16.5. The van der Waals surface area contributed by atoms with E-state index in [9.17, 15) is 4.79 Å². The van der Waals surface area contributed by atoms with Crippen molar-refractivity contribution >= 4 is 5.97 Å². The molecule has 0 radical (unpaired) electrons. The van der Waals surface area contributed by atoms with E-state index in [1.807, 2.05) is 0 Å². The van der Waals surface area contributed by atoms with Crippen molar-refractivity contribution in [1.29, 1.82) is 0 Å². The Morgan fingerprint density at radius 3 is 2.74 bits per heavy atom. The molecule has 0 saturated carbocycles. The summed E-state index contributed by atoms with van der Waals surface area (Å²) in [6, 6.07) is 1.44. The Bertz CT molecular complexity index is 411. The van der Waals surface area contributed by atoms with Crippen LogP contribution < -0.4 is 4.74 Å². The van der Waals surface area contributed by atoms with Gasteiger partial charge in [0.25, 0.3) is 0 Å². The van der Waals surface area contributed by atoms with E-state index < -0.39 is 5.97 Å². The van der Waals surface area contributed by atoms with Crippen LogP contribution in [0.4, 0.5) is 0 Å². The molecule has 1 rings (SSSR count). The van der Waals surface area contributed by atoms with Crippen molar-refractivity contribution in [3.63, 3.8) is 0 Å². The molecule has 1 aromatic rings. The molecule has 0 bridgehead atoms. The number of ether oxygens (including phenoxy) is 3. The first-order chi connectivity index (χ1) is 9.13. The summed E-state index contributed by atoms with van der Waals surface area (Å²) in [5, 5.41) is 8.84. The third-order valence-electron chi connectivity index (χ3n) is 2.15. The summed E-state index contributed by atoms with van der Waals surface area (Å²) in [6.07, 6.45) is 0.820. The van der Waals surface area contributed by atoms with Crippen molar-refractivity contribution in [2.45, 2.75) is 13.3 Å². The highest BCUT2D eigenvalue weighted by molar-refractivity contribution is 5.85. The van der Waals surface area contributed by atoms with Gasteiger partial charge in [0.2, 0.25) is 0 Å². The number of methoxy groups -OCH3 is 1. The third kappa shape index (κ3) is 6.12. The van der Waals surface area contributed by atoms with Gasteiger partial charge < -0.3 is 19.3 Å². The average molecular weight is 270 g/mol. The van der Waals surface area contributed by atoms with Crippen molar-refractivity contribution in [1.82, 2.24) is 9.97 Å². The summed E-state index contributed by atoms with van der Waals surface area (Å²) in [4.78, 5) is 18.6. The second-order valence-electron chi connectivity index (χ2n) is 3.79. The van der Waals surface area contributed by atoms with Gasteiger partial charge >= 0.3 is 12.0 Å². The fourth-order valence-corrected chi connectivity index (χ4v) is 1.31. The number of aryl methyl sites for hydroxylation is 1. The lowest BCUT2D eigenvalue weighted by molar-refractivity contribution is 0.0684. The number of carbonyl (C=O) groups is 1. The molecular weight excluding hydrogens is 252 g/mol. The van der Waals surface area contributed by atoms with Crippen LogP contribution in [0.25, 0.3) is 0 Å². The van der Waals surface area contributed by atoms with E-state index in [1.54, 1.807) is 14.0 Å². The normalized spacial score (nSPS) is 10.4. The van der Waals surface area contributed by atoms with Gasteiger partial charge in [0.1, 0.15) is 6.61 Å². The molecule has 19 heavy (non-hydrogen) atoms. The Balaban J connectivity index is 2.31. The van der Waals surface area contributed by atoms with Gasteiger partial charge in [-0.25, -0.2) is 9.78 Å². The molecule has 0 spiro atoms. The molecule has 7 nitrogen and oxygen atoms in total. The molecule has 0 saturated heterocycles. The Morgan fingerprint density at radius 2 is 2.05 bits per heavy atom. The van der Waals surface area contributed by atoms with Crippen LogP contribution in [0.1, 0.15) is 22.6 Å². The van der Waals surface area contributed by atoms with E-state index in [1.165, 1.54) is 6.07 Å². The van der Waals surface area contributed by atoms with Crippen LogP contribution in [-0.4, -0.2) is 54.6 Å². The fourth-order valence-electron chi connectivity index (χ4n) is 1.31. The van der Waals surface area contributed by atoms with E-state index in [-0.39, 0.29) is 18.3 Å². The highest BCUT2D eigenvalue weighted by Gasteiger charge is 2.09. The van der Waals surface area contributed by atoms with Crippen LogP contribution in [0.3, 0.4) is 0 Å². The van der Waals surface area contributed by atoms with Crippen LogP contribution in [0.2, 0.25) is 0 Å². The number of carboxylic acid groups (broad SMARTS) is 1. The molecule has 0 aromatic carbocycles. The highest BCUT2D eigenvalue weighted by Crippen LogP contribution is 2.06. The minimum absolute atomic E-state index is 0.0536. The molecule has 0 atom stereocenters. The van der Waals surface area contributed by atoms with E-state index in [2.05, 4.69) is 9.97 Å². The maximum absolute atomic E-state index is 10.8. The Kier molecular flexibility index (Phi) is 6.76. The molecule has 1 heterocycles. The number of hydrogen-bond donors (Lipinski definition) is 1. The van der Waals surface area contributed by atoms with Crippen LogP contribution in [0.15, 0.2) is 6.07 Å². The van der Waals surface area contributed by atoms with Gasteiger partial charge in [-0.2, -0.15) is 4.98 Å². The van der Waals surface area contributed by atoms with Crippen molar-refractivity contribution in [2.24, 2.45) is 0 Å². The molecule has 0 unspecified atom stereocenters. The molecule has 7 heteroatoms. The molecule has 106 valence electrons. The van der Waals surface area contributed by atoms with Gasteiger partial charge in [-0.3, -0.25) is 0 Å². The minimum atomic E-state index is -1.11. The van der Waals surface area contributed by atoms with Gasteiger partial charge in [0.15, 0.2) is 5.69 Å². The first-order valence-corrected chi connectivity index (χ1v) is 5.92. The van der Waals surface area contributed by atoms with E-state index in [4.69, 9.17) is 19.3 Å². The third-order valence-corrected chi connectivity index (χ3v) is 2.15. The zero-order valence-corrected chi connectivity index (χ0v) is 11.1. The van der Waals surface area contributed by atoms with Gasteiger partial charge in [-0.05, 0) is 19.4 Å². The molecule has 1 N–H and O–H groups in total. The topological polar surface area (TPSA) is 90.8 Å². The summed E-state index contributed by atoms with van der Waals surface area (Å²) < 4.78 is 15.4. The lowest BCUT2D eigenvalue weighted by atomic mass is 10.3. The lowest BCUT2D eigenvalue weighted by Gasteiger charge is -2.06. The number of aromatic nitrogens is 2. The van der Waals surface area contributed by atoms with Crippen molar-refractivity contribution < 1.29 is 24.1 Å². The van der Waals surface area contributed by atoms with Crippen LogP contribution >= 0.6 is 0 Å². The zero-order valence-electron chi connectivity index (χ0n) is 11.1. The molecule has 0 aliphatic carbocycles. The van der Waals surface area contributed by atoms with Crippen molar-refractivity contribution in [2.75, 3.05) is 33.5 Å². The molecule has 0 aliphatic rings. The van der Waals surface area contributed by atoms with Crippen LogP contribution in [-0.2, 0) is 9.47 Å². The molecule has 0 amide bonds. The van der Waals surface area contributed by atoms with E-state index in [0.29, 0.717) is 25.5 Å². The van der Waals surface area contributed by atoms with Crippen LogP contribution in [0.5, 0.6) is 6.01 Å².